The molecule has 0 aromatic heterocycles. The molecule has 106 valence electrons. The molecule has 0 radical (unpaired) electrons. The standard InChI is InChI=1S/C15H30N2O/c1-12-10-18-13(2)9-17(12)15(11-16)8-6-5-7-14(15,3)4/h12-13H,5-11,16H2,1-4H3. The van der Waals surface area contributed by atoms with E-state index >= 15 is 0 Å². The highest BCUT2D eigenvalue weighted by Crippen LogP contribution is 2.48. The molecule has 2 rings (SSSR count). The van der Waals surface area contributed by atoms with Crippen molar-refractivity contribution in [3.63, 3.8) is 0 Å². The first kappa shape index (κ1) is 14.3. The monoisotopic (exact) mass is 254 g/mol. The van der Waals surface area contributed by atoms with Gasteiger partial charge in [-0.15, -0.1) is 0 Å². The molecule has 1 aliphatic heterocycles. The molecule has 1 saturated heterocycles. The zero-order valence-electron chi connectivity index (χ0n) is 12.5. The summed E-state index contributed by atoms with van der Waals surface area (Å²) in [6.07, 6.45) is 5.54. The molecule has 0 amide bonds. The number of nitrogens with two attached hydrogens (primary N) is 1. The van der Waals surface area contributed by atoms with Crippen molar-refractivity contribution >= 4 is 0 Å². The molecule has 3 atom stereocenters. The van der Waals surface area contributed by atoms with Crippen LogP contribution in [0.1, 0.15) is 53.4 Å². The van der Waals surface area contributed by atoms with E-state index in [9.17, 15) is 0 Å². The number of morpholine rings is 1. The molecule has 0 aromatic carbocycles. The van der Waals surface area contributed by atoms with Gasteiger partial charge in [0.2, 0.25) is 0 Å². The van der Waals surface area contributed by atoms with Crippen LogP contribution in [0.2, 0.25) is 0 Å². The van der Waals surface area contributed by atoms with Crippen LogP contribution in [0.15, 0.2) is 0 Å². The van der Waals surface area contributed by atoms with Gasteiger partial charge in [0.25, 0.3) is 0 Å². The second kappa shape index (κ2) is 5.10. The molecule has 1 heterocycles. The van der Waals surface area contributed by atoms with Crippen molar-refractivity contribution in [1.29, 1.82) is 0 Å². The van der Waals surface area contributed by atoms with Gasteiger partial charge in [0.15, 0.2) is 0 Å². The molecule has 1 saturated carbocycles. The predicted octanol–water partition coefficient (Wildman–Crippen LogP) is 2.39. The van der Waals surface area contributed by atoms with E-state index < -0.39 is 0 Å². The molecule has 18 heavy (non-hydrogen) atoms. The summed E-state index contributed by atoms with van der Waals surface area (Å²) in [5.41, 5.74) is 6.75. The van der Waals surface area contributed by atoms with Crippen molar-refractivity contribution < 1.29 is 4.74 Å². The van der Waals surface area contributed by atoms with E-state index in [1.807, 2.05) is 0 Å². The van der Waals surface area contributed by atoms with E-state index in [2.05, 4.69) is 32.6 Å². The quantitative estimate of drug-likeness (QED) is 0.822. The van der Waals surface area contributed by atoms with Crippen molar-refractivity contribution in [2.45, 2.75) is 71.1 Å². The Hall–Kier alpha value is -0.120. The van der Waals surface area contributed by atoms with E-state index in [-0.39, 0.29) is 5.54 Å². The van der Waals surface area contributed by atoms with Crippen LogP contribution in [0.3, 0.4) is 0 Å². The zero-order valence-corrected chi connectivity index (χ0v) is 12.5. The molecule has 0 aromatic rings. The van der Waals surface area contributed by atoms with Gasteiger partial charge in [-0.1, -0.05) is 26.7 Å². The average molecular weight is 254 g/mol. The molecule has 2 N–H and O–H groups in total. The average Bonchev–Trinajstić information content (AvgIpc) is 2.33. The first-order valence-electron chi connectivity index (χ1n) is 7.51. The van der Waals surface area contributed by atoms with Gasteiger partial charge in [-0.3, -0.25) is 4.90 Å². The third-order valence-corrected chi connectivity index (χ3v) is 5.40. The maximum atomic E-state index is 6.27. The summed E-state index contributed by atoms with van der Waals surface area (Å²) in [4.78, 5) is 2.67. The Bertz CT molecular complexity index is 292. The Kier molecular flexibility index (Phi) is 4.05. The Labute approximate surface area is 112 Å². The van der Waals surface area contributed by atoms with Crippen molar-refractivity contribution in [1.82, 2.24) is 4.90 Å². The molecule has 3 nitrogen and oxygen atoms in total. The summed E-state index contributed by atoms with van der Waals surface area (Å²) in [5, 5.41) is 0. The van der Waals surface area contributed by atoms with Gasteiger partial charge < -0.3 is 10.5 Å². The summed E-state index contributed by atoms with van der Waals surface area (Å²) in [6, 6.07) is 0.488. The van der Waals surface area contributed by atoms with E-state index in [1.165, 1.54) is 25.7 Å². The minimum atomic E-state index is 0.169. The van der Waals surface area contributed by atoms with E-state index in [0.29, 0.717) is 17.6 Å². The molecule has 0 spiro atoms. The predicted molar refractivity (Wildman–Crippen MR) is 75.6 cm³/mol. The summed E-state index contributed by atoms with van der Waals surface area (Å²) in [5.74, 6) is 0. The fraction of sp³-hybridized carbons (Fsp3) is 1.00. The Morgan fingerprint density at radius 1 is 1.22 bits per heavy atom. The van der Waals surface area contributed by atoms with Gasteiger partial charge >= 0.3 is 0 Å². The van der Waals surface area contributed by atoms with Crippen LogP contribution in [-0.4, -0.2) is 42.3 Å². The zero-order chi connectivity index (χ0) is 13.4. The van der Waals surface area contributed by atoms with E-state index in [1.54, 1.807) is 0 Å². The first-order chi connectivity index (χ1) is 8.43. The lowest BCUT2D eigenvalue weighted by molar-refractivity contribution is -0.138. The van der Waals surface area contributed by atoms with Crippen LogP contribution >= 0.6 is 0 Å². The second-order valence-corrected chi connectivity index (χ2v) is 6.97. The van der Waals surface area contributed by atoms with E-state index in [0.717, 1.165) is 19.7 Å². The second-order valence-electron chi connectivity index (χ2n) is 6.97. The number of nitrogens with zero attached hydrogens (tertiary/aromatic N) is 1. The Morgan fingerprint density at radius 3 is 2.50 bits per heavy atom. The van der Waals surface area contributed by atoms with Gasteiger partial charge in [0.05, 0.1) is 12.7 Å². The van der Waals surface area contributed by atoms with Crippen LogP contribution in [0.5, 0.6) is 0 Å². The van der Waals surface area contributed by atoms with Gasteiger partial charge in [-0.05, 0) is 32.1 Å². The van der Waals surface area contributed by atoms with E-state index in [4.69, 9.17) is 10.5 Å². The number of rotatable bonds is 2. The van der Waals surface area contributed by atoms with Gasteiger partial charge in [-0.2, -0.15) is 0 Å². The van der Waals surface area contributed by atoms with Crippen molar-refractivity contribution in [2.75, 3.05) is 19.7 Å². The van der Waals surface area contributed by atoms with Crippen LogP contribution in [0.4, 0.5) is 0 Å². The lowest BCUT2D eigenvalue weighted by Crippen LogP contribution is -2.69. The smallest absolute Gasteiger partial charge is 0.0675 e. The molecule has 2 fully saturated rings. The molecular weight excluding hydrogens is 224 g/mol. The molecule has 0 bridgehead atoms. The van der Waals surface area contributed by atoms with Crippen molar-refractivity contribution in [2.24, 2.45) is 11.1 Å². The molecule has 3 heteroatoms. The third kappa shape index (κ3) is 2.21. The molecule has 3 unspecified atom stereocenters. The maximum Gasteiger partial charge on any atom is 0.0675 e. The lowest BCUT2D eigenvalue weighted by Gasteiger charge is -2.59. The fourth-order valence-corrected chi connectivity index (χ4v) is 4.08. The highest BCUT2D eigenvalue weighted by atomic mass is 16.5. The Balaban J connectivity index is 2.29. The summed E-state index contributed by atoms with van der Waals surface area (Å²) in [7, 11) is 0. The molecular formula is C15H30N2O. The Morgan fingerprint density at radius 2 is 1.89 bits per heavy atom. The number of hydrogen-bond donors (Lipinski definition) is 1. The first-order valence-corrected chi connectivity index (χ1v) is 7.51. The highest BCUT2D eigenvalue weighted by molar-refractivity contribution is 5.07. The minimum absolute atomic E-state index is 0.169. The maximum absolute atomic E-state index is 6.27. The normalized spacial score (nSPS) is 41.8. The number of ether oxygens (including phenoxy) is 1. The minimum Gasteiger partial charge on any atom is -0.376 e. The van der Waals surface area contributed by atoms with Crippen LogP contribution in [0, 0.1) is 5.41 Å². The SMILES string of the molecule is CC1CN(C2(CN)CCCCC2(C)C)C(C)CO1. The highest BCUT2D eigenvalue weighted by Gasteiger charge is 2.51. The van der Waals surface area contributed by atoms with Crippen LogP contribution in [-0.2, 0) is 4.74 Å². The largest absolute Gasteiger partial charge is 0.376 e. The fourth-order valence-electron chi connectivity index (χ4n) is 4.08. The third-order valence-electron chi connectivity index (χ3n) is 5.40. The topological polar surface area (TPSA) is 38.5 Å². The van der Waals surface area contributed by atoms with Gasteiger partial charge in [-0.25, -0.2) is 0 Å². The van der Waals surface area contributed by atoms with Crippen molar-refractivity contribution in [3.05, 3.63) is 0 Å². The molecule has 1 aliphatic carbocycles. The summed E-state index contributed by atoms with van der Waals surface area (Å²) in [6.45, 7) is 11.9. The van der Waals surface area contributed by atoms with Crippen molar-refractivity contribution in [3.8, 4) is 0 Å². The summed E-state index contributed by atoms with van der Waals surface area (Å²) < 4.78 is 5.79. The lowest BCUT2D eigenvalue weighted by atomic mass is 9.61. The number of hydrogen-bond acceptors (Lipinski definition) is 3. The molecule has 2 aliphatic rings. The summed E-state index contributed by atoms with van der Waals surface area (Å²) >= 11 is 0. The van der Waals surface area contributed by atoms with Crippen LogP contribution in [0.25, 0.3) is 0 Å². The van der Waals surface area contributed by atoms with Gasteiger partial charge in [0, 0.05) is 24.7 Å². The van der Waals surface area contributed by atoms with Gasteiger partial charge in [0.1, 0.15) is 0 Å². The van der Waals surface area contributed by atoms with Crippen LogP contribution < -0.4 is 5.73 Å².